The number of aryl methyl sites for hydroxylation is 2. The van der Waals surface area contributed by atoms with Crippen molar-refractivity contribution in [1.29, 1.82) is 0 Å². The third-order valence-corrected chi connectivity index (χ3v) is 22.5. The van der Waals surface area contributed by atoms with E-state index in [1.807, 2.05) is 6.92 Å². The van der Waals surface area contributed by atoms with Crippen LogP contribution < -0.4 is 16.0 Å². The second kappa shape index (κ2) is 35.1. The first-order valence-corrected chi connectivity index (χ1v) is 36.6. The number of carbonyl (C=O) groups is 12. The number of halogens is 7. The highest BCUT2D eigenvalue weighted by molar-refractivity contribution is 6.31. The number of morpholine rings is 1. The number of alkyl halides is 6. The van der Waals surface area contributed by atoms with E-state index in [2.05, 4.69) is 16.0 Å². The molecule has 10 atom stereocenters. The lowest BCUT2D eigenvalue weighted by atomic mass is 9.81. The van der Waals surface area contributed by atoms with E-state index in [-0.39, 0.29) is 76.7 Å². The second-order valence-corrected chi connectivity index (χ2v) is 30.0. The largest absolute Gasteiger partial charge is 0.417 e. The monoisotopic (exact) mass is 1500 g/mol. The molecule has 1 spiro atoms. The smallest absolute Gasteiger partial charge is 0.377 e. The Morgan fingerprint density at radius 1 is 0.638 bits per heavy atom. The van der Waals surface area contributed by atoms with Crippen LogP contribution in [-0.4, -0.2) is 270 Å². The summed E-state index contributed by atoms with van der Waals surface area (Å²) in [5.74, 6) is -11.9. The summed E-state index contributed by atoms with van der Waals surface area (Å²) in [5.41, 5.74) is -1.10. The Bertz CT molecular complexity index is 3520. The molecule has 12 amide bonds. The summed E-state index contributed by atoms with van der Waals surface area (Å²) in [6.45, 7) is 3.04. The summed E-state index contributed by atoms with van der Waals surface area (Å²) in [5, 5.41) is 7.52. The molecule has 4 aliphatic heterocycles. The molecule has 2 bridgehead atoms. The summed E-state index contributed by atoms with van der Waals surface area (Å²) >= 11 is 6.14. The summed E-state index contributed by atoms with van der Waals surface area (Å²) in [6, 6.07) is -2.17. The van der Waals surface area contributed by atoms with Crippen LogP contribution in [0.5, 0.6) is 0 Å². The molecule has 25 nitrogen and oxygen atoms in total. The molecule has 6 fully saturated rings. The number of hydrogen-bond donors (Lipinski definition) is 3. The Morgan fingerprint density at radius 2 is 1.24 bits per heavy atom. The maximum Gasteiger partial charge on any atom is 0.417 e. The topological polar surface area (TPSA) is 279 Å². The molecule has 2 aromatic carbocycles. The lowest BCUT2D eigenvalue weighted by molar-refractivity contribution is -0.164. The van der Waals surface area contributed by atoms with Gasteiger partial charge in [0.2, 0.25) is 70.9 Å². The van der Waals surface area contributed by atoms with Crippen molar-refractivity contribution in [1.82, 2.24) is 60.0 Å². The predicted molar refractivity (Wildman–Crippen MR) is 373 cm³/mol. The van der Waals surface area contributed by atoms with Crippen LogP contribution in [0.2, 0.25) is 5.02 Å². The standard InChI is InChI=1S/C73H101ClF6N12O13/c1-11-44(3)61-68(102)86(6)39-59(95)84(4)40-60(96)87(7)54(35-46-23-21-43(2)22-24-46)66(100)85(5)38-57(93)81-52(30-26-45-25-29-50(51(74)34-45)73(78,79)80)65(99)91-33-17-20-53(91)64(98)83-71(31-15-16-32-71)70(104)90(10)62(47-18-13-12-14-19-47)69(103)89(9)55(67(101)92-48-27-28-49(92)42-105-41-48)36-58(94)88(8)56(63(97)82-61)37-72(75,76)77/h21-25,29,34,44,47-49,52-56,61-62H,11-20,26-28,30-33,35-42H2,1-10H3,(H,81,93)(H,82,97)(H,83,98)/t44-,48?,49?,52-,53-,54-,55-,56-,61-,62-/m0/s1. The average Bonchev–Trinajstić information content (AvgIpc) is 1.71. The van der Waals surface area contributed by atoms with Gasteiger partial charge in [0, 0.05) is 62.3 Å². The number of ether oxygens (including phenoxy) is 1. The minimum Gasteiger partial charge on any atom is -0.377 e. The zero-order valence-corrected chi connectivity index (χ0v) is 62.3. The van der Waals surface area contributed by atoms with Crippen molar-refractivity contribution < 1.29 is 88.6 Å². The highest BCUT2D eigenvalue weighted by atomic mass is 35.5. The van der Waals surface area contributed by atoms with E-state index in [9.17, 15) is 55.1 Å². The Hall–Kier alpha value is -8.09. The molecule has 105 heavy (non-hydrogen) atoms. The maximum absolute atomic E-state index is 15.9. The summed E-state index contributed by atoms with van der Waals surface area (Å²) in [6.07, 6.45) is -7.92. The van der Waals surface area contributed by atoms with Gasteiger partial charge in [-0.1, -0.05) is 99.9 Å². The quantitative estimate of drug-likeness (QED) is 0.256. The number of rotatable bonds is 10. The highest BCUT2D eigenvalue weighted by Gasteiger charge is 2.53. The fourth-order valence-electron chi connectivity index (χ4n) is 15.6. The van der Waals surface area contributed by atoms with Gasteiger partial charge in [-0.15, -0.1) is 0 Å². The van der Waals surface area contributed by atoms with E-state index in [0.29, 0.717) is 61.8 Å². The molecule has 6 aliphatic rings. The second-order valence-electron chi connectivity index (χ2n) is 29.6. The van der Waals surface area contributed by atoms with E-state index in [1.165, 1.54) is 70.0 Å². The van der Waals surface area contributed by atoms with Crippen LogP contribution in [0, 0.1) is 18.8 Å². The van der Waals surface area contributed by atoms with Crippen LogP contribution in [0.15, 0.2) is 42.5 Å². The zero-order valence-electron chi connectivity index (χ0n) is 61.5. The van der Waals surface area contributed by atoms with Gasteiger partial charge in [-0.05, 0) is 106 Å². The van der Waals surface area contributed by atoms with Crippen LogP contribution in [0.25, 0.3) is 0 Å². The Balaban J connectivity index is 1.19. The van der Waals surface area contributed by atoms with Gasteiger partial charge >= 0.3 is 12.4 Å². The van der Waals surface area contributed by atoms with Crippen LogP contribution in [0.3, 0.4) is 0 Å². The average molecular weight is 1500 g/mol. The van der Waals surface area contributed by atoms with Gasteiger partial charge < -0.3 is 64.8 Å². The molecule has 2 aliphatic carbocycles. The van der Waals surface area contributed by atoms with Crippen molar-refractivity contribution in [3.05, 3.63) is 69.7 Å². The summed E-state index contributed by atoms with van der Waals surface area (Å²) in [7, 11) is 8.66. The molecule has 8 rings (SSSR count). The number of amides is 12. The molecule has 2 aromatic rings. The first-order valence-electron chi connectivity index (χ1n) is 36.3. The first-order chi connectivity index (χ1) is 49.4. The van der Waals surface area contributed by atoms with Crippen molar-refractivity contribution in [2.24, 2.45) is 11.8 Å². The van der Waals surface area contributed by atoms with E-state index in [4.69, 9.17) is 16.3 Å². The number of likely N-dealkylation sites (N-methyl/N-ethyl adjacent to an activating group) is 7. The van der Waals surface area contributed by atoms with Gasteiger partial charge in [0.1, 0.15) is 47.8 Å². The van der Waals surface area contributed by atoms with Gasteiger partial charge in [-0.2, -0.15) is 26.3 Å². The van der Waals surface area contributed by atoms with Crippen molar-refractivity contribution in [2.45, 2.75) is 215 Å². The molecular formula is C73H101ClF6N12O13. The zero-order chi connectivity index (χ0) is 77.3. The molecule has 4 heterocycles. The van der Waals surface area contributed by atoms with Gasteiger partial charge in [0.05, 0.1) is 68.4 Å². The maximum atomic E-state index is 15.9. The lowest BCUT2D eigenvalue weighted by Crippen LogP contribution is -2.65. The number of nitrogens with zero attached hydrogens (tertiary/aromatic N) is 9. The van der Waals surface area contributed by atoms with Gasteiger partial charge in [0.15, 0.2) is 0 Å². The Morgan fingerprint density at radius 3 is 1.84 bits per heavy atom. The molecular weight excluding hydrogens is 1400 g/mol. The summed E-state index contributed by atoms with van der Waals surface area (Å²) < 4.78 is 92.2. The SMILES string of the molecule is CC[C@H](C)[C@@H]1NC(=O)[C@H](CC(F)(F)F)N(C)C(=O)C[C@@H](C(=O)N2C3CCC2COC3)N(C)C(=O)[C@H](C2CCCCC2)N(C)C(=O)C2(CCCC2)NC(=O)[C@@H]2CCCN2C(=O)[C@H](CCc2ccc(C(F)(F)F)c(Cl)c2)NC(=O)CN(C)C(=O)[C@H](Cc2ccc(C)cc2)N(C)C(=O)CN(C)C(=O)CN(C)C1=O. The minimum absolute atomic E-state index is 0.0328. The van der Waals surface area contributed by atoms with Crippen LogP contribution in [0.4, 0.5) is 26.3 Å². The van der Waals surface area contributed by atoms with Gasteiger partial charge in [-0.3, -0.25) is 57.5 Å². The number of nitrogens with one attached hydrogen (secondary N) is 3. The number of carbonyl (C=O) groups excluding carboxylic acids is 12. The molecule has 32 heteroatoms. The fraction of sp³-hybridized carbons (Fsp3) is 0.671. The molecule has 2 saturated carbocycles. The normalized spacial score (nSPS) is 27.1. The summed E-state index contributed by atoms with van der Waals surface area (Å²) in [4.78, 5) is 189. The highest BCUT2D eigenvalue weighted by Crippen LogP contribution is 2.39. The van der Waals surface area contributed by atoms with Gasteiger partial charge in [-0.25, -0.2) is 0 Å². The Labute approximate surface area is 614 Å². The van der Waals surface area contributed by atoms with E-state index in [1.54, 1.807) is 31.2 Å². The lowest BCUT2D eigenvalue weighted by Gasteiger charge is -2.44. The molecule has 0 aromatic heterocycles. The number of hydrogen-bond acceptors (Lipinski definition) is 13. The molecule has 2 unspecified atom stereocenters. The number of benzene rings is 2. The minimum atomic E-state index is -5.12. The molecule has 0 radical (unpaired) electrons. The van der Waals surface area contributed by atoms with Crippen molar-refractivity contribution in [2.75, 3.05) is 88.7 Å². The molecule has 3 N–H and O–H groups in total. The molecule has 4 saturated heterocycles. The first kappa shape index (κ1) is 82.6. The van der Waals surface area contributed by atoms with Gasteiger partial charge in [0.25, 0.3) is 0 Å². The van der Waals surface area contributed by atoms with Crippen LogP contribution >= 0.6 is 11.6 Å². The van der Waals surface area contributed by atoms with Crippen LogP contribution in [0.1, 0.15) is 145 Å². The van der Waals surface area contributed by atoms with Crippen molar-refractivity contribution in [3.63, 3.8) is 0 Å². The van der Waals surface area contributed by atoms with Crippen molar-refractivity contribution >= 4 is 82.5 Å². The third kappa shape index (κ3) is 19.9. The fourth-order valence-corrected chi connectivity index (χ4v) is 15.9. The Kier molecular flexibility index (Phi) is 27.6. The third-order valence-electron chi connectivity index (χ3n) is 22.2. The predicted octanol–water partition coefficient (Wildman–Crippen LogP) is 5.29. The van der Waals surface area contributed by atoms with E-state index >= 15 is 28.8 Å². The van der Waals surface area contributed by atoms with Crippen molar-refractivity contribution in [3.8, 4) is 0 Å². The van der Waals surface area contributed by atoms with Crippen LogP contribution in [-0.2, 0) is 81.3 Å². The van der Waals surface area contributed by atoms with E-state index < -0.39 is 198 Å². The van der Waals surface area contributed by atoms with E-state index in [0.717, 1.165) is 55.7 Å². The molecule has 580 valence electrons. The number of fused-ring (bicyclic) bond motifs is 3.